The van der Waals surface area contributed by atoms with Crippen LogP contribution < -0.4 is 9.47 Å². The summed E-state index contributed by atoms with van der Waals surface area (Å²) in [6, 6.07) is 9.70. The van der Waals surface area contributed by atoms with Crippen molar-refractivity contribution in [2.75, 3.05) is 20.3 Å². The monoisotopic (exact) mass is 440 g/mol. The SMILES string of the molecule is CCCOc1c(Cl)cc(C(=O)OCC(=O)c2ccc(Br)cc2)cc1OC. The number of methoxy groups -OCH3 is 1. The summed E-state index contributed by atoms with van der Waals surface area (Å²) in [6.07, 6.45) is 0.807. The Morgan fingerprint density at radius 2 is 1.81 bits per heavy atom. The van der Waals surface area contributed by atoms with Crippen molar-refractivity contribution in [1.29, 1.82) is 0 Å². The molecule has 26 heavy (non-hydrogen) atoms. The normalized spacial score (nSPS) is 10.3. The van der Waals surface area contributed by atoms with Gasteiger partial charge in [0.15, 0.2) is 23.9 Å². The minimum absolute atomic E-state index is 0.180. The molecule has 0 aliphatic carbocycles. The highest BCUT2D eigenvalue weighted by atomic mass is 79.9. The van der Waals surface area contributed by atoms with E-state index in [0.717, 1.165) is 10.9 Å². The van der Waals surface area contributed by atoms with Crippen LogP contribution in [0.4, 0.5) is 0 Å². The first-order valence-electron chi connectivity index (χ1n) is 7.92. The van der Waals surface area contributed by atoms with Crippen LogP contribution in [0.15, 0.2) is 40.9 Å². The second kappa shape index (κ2) is 9.59. The zero-order chi connectivity index (χ0) is 19.1. The summed E-state index contributed by atoms with van der Waals surface area (Å²) in [6.45, 7) is 2.07. The van der Waals surface area contributed by atoms with Gasteiger partial charge < -0.3 is 14.2 Å². The number of esters is 1. The minimum atomic E-state index is -0.669. The molecule has 5 nitrogen and oxygen atoms in total. The Morgan fingerprint density at radius 1 is 1.12 bits per heavy atom. The van der Waals surface area contributed by atoms with Crippen LogP contribution >= 0.6 is 27.5 Å². The number of hydrogen-bond acceptors (Lipinski definition) is 5. The molecule has 0 radical (unpaired) electrons. The van der Waals surface area contributed by atoms with Crippen molar-refractivity contribution in [3.8, 4) is 11.5 Å². The standard InChI is InChI=1S/C19H18BrClO5/c1-3-8-25-18-15(21)9-13(10-17(18)24-2)19(23)26-11-16(22)12-4-6-14(20)7-5-12/h4-7,9-10H,3,8,11H2,1-2H3. The van der Waals surface area contributed by atoms with Crippen LogP contribution in [0.5, 0.6) is 11.5 Å². The Bertz CT molecular complexity index is 789. The molecule has 0 unspecified atom stereocenters. The van der Waals surface area contributed by atoms with Crippen molar-refractivity contribution in [3.05, 3.63) is 57.0 Å². The Labute approximate surface area is 165 Å². The first kappa shape index (κ1) is 20.3. The van der Waals surface area contributed by atoms with E-state index in [1.54, 1.807) is 24.3 Å². The maximum Gasteiger partial charge on any atom is 0.338 e. The van der Waals surface area contributed by atoms with E-state index in [0.29, 0.717) is 23.7 Å². The molecule has 0 aliphatic heterocycles. The van der Waals surface area contributed by atoms with E-state index >= 15 is 0 Å². The summed E-state index contributed by atoms with van der Waals surface area (Å²) in [7, 11) is 1.46. The highest BCUT2D eigenvalue weighted by molar-refractivity contribution is 9.10. The molecule has 2 rings (SSSR count). The fourth-order valence-electron chi connectivity index (χ4n) is 2.12. The molecule has 0 atom stereocenters. The van der Waals surface area contributed by atoms with E-state index in [1.807, 2.05) is 6.92 Å². The molecule has 0 heterocycles. The van der Waals surface area contributed by atoms with E-state index in [9.17, 15) is 9.59 Å². The zero-order valence-corrected chi connectivity index (χ0v) is 16.7. The maximum absolute atomic E-state index is 12.2. The number of halogens is 2. The predicted molar refractivity (Wildman–Crippen MR) is 103 cm³/mol. The Morgan fingerprint density at radius 3 is 2.42 bits per heavy atom. The fourth-order valence-corrected chi connectivity index (χ4v) is 2.64. The molecule has 2 aromatic rings. The van der Waals surface area contributed by atoms with Crippen LogP contribution in [0.3, 0.4) is 0 Å². The summed E-state index contributed by atoms with van der Waals surface area (Å²) in [4.78, 5) is 24.3. The van der Waals surface area contributed by atoms with Crippen molar-refractivity contribution in [2.24, 2.45) is 0 Å². The smallest absolute Gasteiger partial charge is 0.338 e. The van der Waals surface area contributed by atoms with Crippen molar-refractivity contribution in [2.45, 2.75) is 13.3 Å². The van der Waals surface area contributed by atoms with Gasteiger partial charge >= 0.3 is 5.97 Å². The second-order valence-corrected chi connectivity index (χ2v) is 6.67. The largest absolute Gasteiger partial charge is 0.493 e. The van der Waals surface area contributed by atoms with Gasteiger partial charge in [0.25, 0.3) is 0 Å². The summed E-state index contributed by atoms with van der Waals surface area (Å²) in [5.74, 6) is -0.264. The number of carbonyl (C=O) groups excluding carboxylic acids is 2. The quantitative estimate of drug-likeness (QED) is 0.429. The van der Waals surface area contributed by atoms with Gasteiger partial charge in [-0.3, -0.25) is 4.79 Å². The van der Waals surface area contributed by atoms with Crippen LogP contribution in [-0.2, 0) is 4.74 Å². The van der Waals surface area contributed by atoms with Gasteiger partial charge in [-0.25, -0.2) is 4.79 Å². The number of benzene rings is 2. The van der Waals surface area contributed by atoms with E-state index in [1.165, 1.54) is 19.2 Å². The molecule has 0 saturated carbocycles. The Kier molecular flexibility index (Phi) is 7.48. The van der Waals surface area contributed by atoms with Crippen molar-refractivity contribution < 1.29 is 23.8 Å². The van der Waals surface area contributed by atoms with Gasteiger partial charge in [-0.05, 0) is 30.7 Å². The number of ketones is 1. The van der Waals surface area contributed by atoms with Crippen LogP contribution in [-0.4, -0.2) is 32.1 Å². The summed E-state index contributed by atoms with van der Waals surface area (Å²) < 4.78 is 16.7. The molecule has 0 spiro atoms. The highest BCUT2D eigenvalue weighted by Crippen LogP contribution is 2.36. The molecule has 0 fully saturated rings. The first-order valence-corrected chi connectivity index (χ1v) is 9.09. The first-order chi connectivity index (χ1) is 12.5. The lowest BCUT2D eigenvalue weighted by atomic mass is 10.1. The van der Waals surface area contributed by atoms with Crippen molar-refractivity contribution in [3.63, 3.8) is 0 Å². The third kappa shape index (κ3) is 5.22. The molecule has 2 aromatic carbocycles. The van der Waals surface area contributed by atoms with E-state index in [2.05, 4.69) is 15.9 Å². The number of carbonyl (C=O) groups is 2. The average Bonchev–Trinajstić information content (AvgIpc) is 2.64. The van der Waals surface area contributed by atoms with Gasteiger partial charge in [-0.1, -0.05) is 46.6 Å². The molecular formula is C19H18BrClO5. The summed E-state index contributed by atoms with van der Waals surface area (Å²) in [5.41, 5.74) is 0.638. The van der Waals surface area contributed by atoms with Crippen molar-refractivity contribution in [1.82, 2.24) is 0 Å². The lowest BCUT2D eigenvalue weighted by Crippen LogP contribution is -2.14. The van der Waals surface area contributed by atoms with Gasteiger partial charge in [0, 0.05) is 10.0 Å². The average molecular weight is 442 g/mol. The lowest BCUT2D eigenvalue weighted by Gasteiger charge is -2.13. The van der Waals surface area contributed by atoms with Crippen LogP contribution in [0.25, 0.3) is 0 Å². The molecule has 138 valence electrons. The number of rotatable bonds is 8. The molecular weight excluding hydrogens is 424 g/mol. The van der Waals surface area contributed by atoms with Gasteiger partial charge in [0.1, 0.15) is 0 Å². The van der Waals surface area contributed by atoms with E-state index in [4.69, 9.17) is 25.8 Å². The maximum atomic E-state index is 12.2. The third-order valence-electron chi connectivity index (χ3n) is 3.42. The molecule has 7 heteroatoms. The van der Waals surface area contributed by atoms with Gasteiger partial charge in [0.05, 0.1) is 24.3 Å². The summed E-state index contributed by atoms with van der Waals surface area (Å²) >= 11 is 9.48. The minimum Gasteiger partial charge on any atom is -0.493 e. The topological polar surface area (TPSA) is 61.8 Å². The number of ether oxygens (including phenoxy) is 3. The molecule has 0 aromatic heterocycles. The third-order valence-corrected chi connectivity index (χ3v) is 4.23. The predicted octanol–water partition coefficient (Wildman–Crippen LogP) is 4.94. The van der Waals surface area contributed by atoms with Gasteiger partial charge in [-0.15, -0.1) is 0 Å². The molecule has 0 aliphatic rings. The van der Waals surface area contributed by atoms with Crippen LogP contribution in [0, 0.1) is 0 Å². The Balaban J connectivity index is 2.08. The molecule has 0 amide bonds. The number of hydrogen-bond donors (Lipinski definition) is 0. The Hall–Kier alpha value is -2.05. The molecule has 0 saturated heterocycles. The molecule has 0 N–H and O–H groups in total. The van der Waals surface area contributed by atoms with Crippen LogP contribution in [0.1, 0.15) is 34.1 Å². The van der Waals surface area contributed by atoms with Gasteiger partial charge in [-0.2, -0.15) is 0 Å². The van der Waals surface area contributed by atoms with Gasteiger partial charge in [0.2, 0.25) is 0 Å². The second-order valence-electron chi connectivity index (χ2n) is 5.34. The zero-order valence-electron chi connectivity index (χ0n) is 14.4. The lowest BCUT2D eigenvalue weighted by molar-refractivity contribution is 0.0474. The number of Topliss-reactive ketones (excluding diaryl/α,β-unsaturated/α-hetero) is 1. The summed E-state index contributed by atoms with van der Waals surface area (Å²) in [5, 5.41) is 0.240. The highest BCUT2D eigenvalue weighted by Gasteiger charge is 2.18. The fraction of sp³-hybridized carbons (Fsp3) is 0.263. The van der Waals surface area contributed by atoms with Crippen LogP contribution in [0.2, 0.25) is 5.02 Å². The van der Waals surface area contributed by atoms with Crippen molar-refractivity contribution >= 4 is 39.3 Å². The van der Waals surface area contributed by atoms with E-state index < -0.39 is 5.97 Å². The van der Waals surface area contributed by atoms with E-state index in [-0.39, 0.29) is 23.0 Å². The molecule has 0 bridgehead atoms.